The van der Waals surface area contributed by atoms with Gasteiger partial charge in [0.1, 0.15) is 5.75 Å². The van der Waals surface area contributed by atoms with Gasteiger partial charge in [-0.3, -0.25) is 4.98 Å². The third-order valence-corrected chi connectivity index (χ3v) is 3.02. The van der Waals surface area contributed by atoms with Crippen molar-refractivity contribution in [2.45, 2.75) is 18.9 Å². The van der Waals surface area contributed by atoms with Gasteiger partial charge in [0, 0.05) is 18.0 Å². The second kappa shape index (κ2) is 4.72. The van der Waals surface area contributed by atoms with Crippen molar-refractivity contribution in [1.29, 1.82) is 0 Å². The molecule has 1 N–H and O–H groups in total. The number of carbonyl (C=O) groups is 1. The van der Waals surface area contributed by atoms with Crippen LogP contribution in [-0.4, -0.2) is 22.2 Å². The van der Waals surface area contributed by atoms with Crippen molar-refractivity contribution in [2.75, 3.05) is 0 Å². The molecule has 1 aliphatic rings. The first-order valence-corrected chi connectivity index (χ1v) is 6.18. The minimum Gasteiger partial charge on any atom is -0.490 e. The molecule has 0 unspecified atom stereocenters. The van der Waals surface area contributed by atoms with E-state index < -0.39 is 5.97 Å². The van der Waals surface area contributed by atoms with Crippen LogP contribution in [0.25, 0.3) is 11.1 Å². The van der Waals surface area contributed by atoms with Crippen molar-refractivity contribution in [3.63, 3.8) is 0 Å². The van der Waals surface area contributed by atoms with Crippen molar-refractivity contribution in [2.24, 2.45) is 0 Å². The lowest BCUT2D eigenvalue weighted by Crippen LogP contribution is -2.00. The molecule has 0 aliphatic heterocycles. The van der Waals surface area contributed by atoms with Gasteiger partial charge in [-0.2, -0.15) is 0 Å². The summed E-state index contributed by atoms with van der Waals surface area (Å²) in [5.41, 5.74) is 1.67. The second-order valence-electron chi connectivity index (χ2n) is 4.57. The number of hydrogen-bond acceptors (Lipinski definition) is 3. The molecule has 1 saturated carbocycles. The van der Waals surface area contributed by atoms with Gasteiger partial charge < -0.3 is 9.84 Å². The molecule has 4 nitrogen and oxygen atoms in total. The molecule has 0 radical (unpaired) electrons. The molecule has 2 aromatic rings. The van der Waals surface area contributed by atoms with Crippen LogP contribution in [0.15, 0.2) is 42.7 Å². The van der Waals surface area contributed by atoms with Gasteiger partial charge in [-0.15, -0.1) is 0 Å². The topological polar surface area (TPSA) is 59.4 Å². The number of hydrogen-bond donors (Lipinski definition) is 1. The number of rotatable bonds is 4. The van der Waals surface area contributed by atoms with E-state index in [0.29, 0.717) is 11.7 Å². The number of aromatic carboxylic acids is 1. The number of benzene rings is 1. The Morgan fingerprint density at radius 1 is 1.32 bits per heavy atom. The number of carboxylic acids is 1. The van der Waals surface area contributed by atoms with Gasteiger partial charge in [-0.05, 0) is 36.6 Å². The minimum atomic E-state index is -0.953. The summed E-state index contributed by atoms with van der Waals surface area (Å²) in [6.45, 7) is 0. The minimum absolute atomic E-state index is 0.249. The van der Waals surface area contributed by atoms with E-state index in [9.17, 15) is 9.90 Å². The first-order valence-electron chi connectivity index (χ1n) is 6.18. The van der Waals surface area contributed by atoms with Crippen LogP contribution in [-0.2, 0) is 0 Å². The Morgan fingerprint density at radius 3 is 2.89 bits per heavy atom. The smallest absolute Gasteiger partial charge is 0.336 e. The summed E-state index contributed by atoms with van der Waals surface area (Å²) in [5.74, 6) is -0.175. The molecule has 0 bridgehead atoms. The summed E-state index contributed by atoms with van der Waals surface area (Å²) >= 11 is 0. The van der Waals surface area contributed by atoms with Gasteiger partial charge in [0.15, 0.2) is 0 Å². The number of aromatic nitrogens is 1. The number of nitrogens with zero attached hydrogens (tertiary/aromatic N) is 1. The van der Waals surface area contributed by atoms with Crippen LogP contribution in [0.1, 0.15) is 23.2 Å². The first-order chi connectivity index (χ1) is 9.24. The van der Waals surface area contributed by atoms with E-state index in [0.717, 1.165) is 24.2 Å². The highest BCUT2D eigenvalue weighted by Crippen LogP contribution is 2.30. The standard InChI is InChI=1S/C15H13NO3/c17-15(18)13-6-7-16-9-14(13)10-2-1-3-12(8-10)19-11-4-5-11/h1-3,6-9,11H,4-5H2,(H,17,18). The van der Waals surface area contributed by atoms with E-state index >= 15 is 0 Å². The molecule has 19 heavy (non-hydrogen) atoms. The van der Waals surface area contributed by atoms with Crippen LogP contribution in [0.4, 0.5) is 0 Å². The van der Waals surface area contributed by atoms with Gasteiger partial charge in [-0.25, -0.2) is 4.79 Å². The first kappa shape index (κ1) is 11.7. The molecule has 1 aliphatic carbocycles. The number of pyridine rings is 1. The molecule has 96 valence electrons. The molecule has 0 amide bonds. The fraction of sp³-hybridized carbons (Fsp3) is 0.200. The highest BCUT2D eigenvalue weighted by atomic mass is 16.5. The van der Waals surface area contributed by atoms with Crippen molar-refractivity contribution < 1.29 is 14.6 Å². The fourth-order valence-electron chi connectivity index (χ4n) is 1.93. The molecule has 0 atom stereocenters. The Kier molecular flexibility index (Phi) is 2.91. The Bertz CT molecular complexity index is 620. The number of ether oxygens (including phenoxy) is 1. The Balaban J connectivity index is 1.99. The average Bonchev–Trinajstić information content (AvgIpc) is 3.23. The largest absolute Gasteiger partial charge is 0.490 e. The molecule has 4 heteroatoms. The molecule has 0 saturated heterocycles. The SMILES string of the molecule is O=C(O)c1ccncc1-c1cccc(OC2CC2)c1. The summed E-state index contributed by atoms with van der Waals surface area (Å²) in [5, 5.41) is 9.19. The third-order valence-electron chi connectivity index (χ3n) is 3.02. The highest BCUT2D eigenvalue weighted by Gasteiger charge is 2.23. The van der Waals surface area contributed by atoms with E-state index in [4.69, 9.17) is 4.74 Å². The summed E-state index contributed by atoms with van der Waals surface area (Å²) in [6, 6.07) is 8.99. The summed E-state index contributed by atoms with van der Waals surface area (Å²) in [7, 11) is 0. The monoisotopic (exact) mass is 255 g/mol. The zero-order valence-corrected chi connectivity index (χ0v) is 10.2. The summed E-state index contributed by atoms with van der Waals surface area (Å²) in [6.07, 6.45) is 5.56. The molecule has 1 aromatic carbocycles. The van der Waals surface area contributed by atoms with Crippen molar-refractivity contribution in [3.05, 3.63) is 48.3 Å². The van der Waals surface area contributed by atoms with Gasteiger partial charge >= 0.3 is 5.97 Å². The Labute approximate surface area is 110 Å². The Hall–Kier alpha value is -2.36. The predicted octanol–water partition coefficient (Wildman–Crippen LogP) is 2.99. The lowest BCUT2D eigenvalue weighted by Gasteiger charge is -2.08. The second-order valence-corrected chi connectivity index (χ2v) is 4.57. The lowest BCUT2D eigenvalue weighted by atomic mass is 10.0. The van der Waals surface area contributed by atoms with E-state index in [2.05, 4.69) is 4.98 Å². The molecule has 1 fully saturated rings. The third kappa shape index (κ3) is 2.57. The van der Waals surface area contributed by atoms with Gasteiger partial charge in [0.05, 0.1) is 11.7 Å². The zero-order chi connectivity index (χ0) is 13.2. The average molecular weight is 255 g/mol. The van der Waals surface area contributed by atoms with Crippen molar-refractivity contribution >= 4 is 5.97 Å². The van der Waals surface area contributed by atoms with Crippen LogP contribution in [0.3, 0.4) is 0 Å². The maximum atomic E-state index is 11.2. The van der Waals surface area contributed by atoms with Crippen LogP contribution in [0.2, 0.25) is 0 Å². The maximum Gasteiger partial charge on any atom is 0.336 e. The number of carboxylic acid groups (broad SMARTS) is 1. The van der Waals surface area contributed by atoms with Gasteiger partial charge in [0.25, 0.3) is 0 Å². The zero-order valence-electron chi connectivity index (χ0n) is 10.2. The van der Waals surface area contributed by atoms with Crippen LogP contribution < -0.4 is 4.74 Å². The van der Waals surface area contributed by atoms with Crippen LogP contribution in [0.5, 0.6) is 5.75 Å². The van der Waals surface area contributed by atoms with Crippen molar-refractivity contribution in [3.8, 4) is 16.9 Å². The van der Waals surface area contributed by atoms with E-state index in [-0.39, 0.29) is 5.56 Å². The highest BCUT2D eigenvalue weighted by molar-refractivity contribution is 5.95. The lowest BCUT2D eigenvalue weighted by molar-refractivity contribution is 0.0697. The molecule has 0 spiro atoms. The van der Waals surface area contributed by atoms with Crippen molar-refractivity contribution in [1.82, 2.24) is 4.98 Å². The van der Waals surface area contributed by atoms with Gasteiger partial charge in [0.2, 0.25) is 0 Å². The van der Waals surface area contributed by atoms with E-state index in [1.165, 1.54) is 12.3 Å². The fourth-order valence-corrected chi connectivity index (χ4v) is 1.93. The van der Waals surface area contributed by atoms with E-state index in [1.54, 1.807) is 6.20 Å². The van der Waals surface area contributed by atoms with Crippen LogP contribution >= 0.6 is 0 Å². The quantitative estimate of drug-likeness (QED) is 0.912. The maximum absolute atomic E-state index is 11.2. The summed E-state index contributed by atoms with van der Waals surface area (Å²) in [4.78, 5) is 15.2. The molecule has 3 rings (SSSR count). The van der Waals surface area contributed by atoms with E-state index in [1.807, 2.05) is 24.3 Å². The van der Waals surface area contributed by atoms with Gasteiger partial charge in [-0.1, -0.05) is 12.1 Å². The molecule has 1 heterocycles. The van der Waals surface area contributed by atoms with Crippen LogP contribution in [0, 0.1) is 0 Å². The summed E-state index contributed by atoms with van der Waals surface area (Å²) < 4.78 is 5.72. The molecular weight excluding hydrogens is 242 g/mol. The molecule has 1 aromatic heterocycles. The predicted molar refractivity (Wildman–Crippen MR) is 70.3 cm³/mol. The Morgan fingerprint density at radius 2 is 2.16 bits per heavy atom. The normalized spacial score (nSPS) is 14.1. The molecular formula is C15H13NO3.